The van der Waals surface area contributed by atoms with E-state index in [0.717, 1.165) is 18.6 Å². The zero-order chi connectivity index (χ0) is 11.1. The van der Waals surface area contributed by atoms with Gasteiger partial charge in [-0.25, -0.2) is 0 Å². The fourth-order valence-electron chi connectivity index (χ4n) is 1.52. The van der Waals surface area contributed by atoms with E-state index in [-0.39, 0.29) is 5.54 Å². The number of hydrogen-bond donors (Lipinski definition) is 1. The standard InChI is InChI=1S/C12H16INO/c1-8-5-10(6-9(2)11(8)13)15-7-12(14)3-4-12/h5-6H,3-4,7,14H2,1-2H3. The number of hydrogen-bond acceptors (Lipinski definition) is 2. The number of nitrogens with two attached hydrogens (primary N) is 1. The lowest BCUT2D eigenvalue weighted by atomic mass is 10.1. The average Bonchev–Trinajstić information content (AvgIpc) is 2.90. The number of ether oxygens (including phenoxy) is 1. The second kappa shape index (κ2) is 3.94. The summed E-state index contributed by atoms with van der Waals surface area (Å²) >= 11 is 2.36. The number of benzene rings is 1. The Morgan fingerprint density at radius 2 is 1.87 bits per heavy atom. The Kier molecular flexibility index (Phi) is 2.94. The Morgan fingerprint density at radius 1 is 1.33 bits per heavy atom. The third-order valence-corrected chi connectivity index (χ3v) is 4.53. The van der Waals surface area contributed by atoms with Crippen molar-refractivity contribution in [3.05, 3.63) is 26.8 Å². The Labute approximate surface area is 104 Å². The van der Waals surface area contributed by atoms with E-state index in [1.54, 1.807) is 0 Å². The molecular formula is C12H16INO. The highest BCUT2D eigenvalue weighted by molar-refractivity contribution is 14.1. The first kappa shape index (κ1) is 11.2. The molecule has 2 nitrogen and oxygen atoms in total. The van der Waals surface area contributed by atoms with E-state index in [2.05, 4.69) is 48.6 Å². The van der Waals surface area contributed by atoms with E-state index in [9.17, 15) is 0 Å². The van der Waals surface area contributed by atoms with E-state index in [4.69, 9.17) is 10.5 Å². The van der Waals surface area contributed by atoms with Gasteiger partial charge in [0.1, 0.15) is 12.4 Å². The van der Waals surface area contributed by atoms with Crippen LogP contribution in [0.25, 0.3) is 0 Å². The molecule has 2 N–H and O–H groups in total. The summed E-state index contributed by atoms with van der Waals surface area (Å²) in [5, 5.41) is 0. The van der Waals surface area contributed by atoms with Crippen molar-refractivity contribution in [1.29, 1.82) is 0 Å². The SMILES string of the molecule is Cc1cc(OCC2(N)CC2)cc(C)c1I. The predicted molar refractivity (Wildman–Crippen MR) is 70.3 cm³/mol. The topological polar surface area (TPSA) is 35.2 Å². The van der Waals surface area contributed by atoms with Crippen LogP contribution in [0.15, 0.2) is 12.1 Å². The molecular weight excluding hydrogens is 301 g/mol. The van der Waals surface area contributed by atoms with Gasteiger partial charge in [-0.1, -0.05) is 0 Å². The minimum atomic E-state index is -0.0369. The van der Waals surface area contributed by atoms with Gasteiger partial charge >= 0.3 is 0 Å². The lowest BCUT2D eigenvalue weighted by molar-refractivity contribution is 0.279. The molecule has 3 heteroatoms. The molecule has 0 radical (unpaired) electrons. The van der Waals surface area contributed by atoms with Crippen molar-refractivity contribution >= 4 is 22.6 Å². The van der Waals surface area contributed by atoms with Crippen LogP contribution in [-0.4, -0.2) is 12.1 Å². The van der Waals surface area contributed by atoms with Crippen LogP contribution in [0.2, 0.25) is 0 Å². The maximum atomic E-state index is 5.97. The molecule has 82 valence electrons. The minimum absolute atomic E-state index is 0.0369. The zero-order valence-corrected chi connectivity index (χ0v) is 11.3. The molecule has 1 aromatic rings. The molecule has 0 spiro atoms. The van der Waals surface area contributed by atoms with Crippen LogP contribution >= 0.6 is 22.6 Å². The van der Waals surface area contributed by atoms with Crippen molar-refractivity contribution in [3.63, 3.8) is 0 Å². The van der Waals surface area contributed by atoms with Gasteiger partial charge in [0.2, 0.25) is 0 Å². The summed E-state index contributed by atoms with van der Waals surface area (Å²) < 4.78 is 7.03. The highest BCUT2D eigenvalue weighted by Crippen LogP contribution is 2.33. The maximum Gasteiger partial charge on any atom is 0.119 e. The van der Waals surface area contributed by atoms with Crippen molar-refractivity contribution < 1.29 is 4.74 Å². The lowest BCUT2D eigenvalue weighted by Crippen LogP contribution is -2.29. The fraction of sp³-hybridized carbons (Fsp3) is 0.500. The fourth-order valence-corrected chi connectivity index (χ4v) is 1.83. The summed E-state index contributed by atoms with van der Waals surface area (Å²) in [4.78, 5) is 0. The van der Waals surface area contributed by atoms with E-state index in [0.29, 0.717) is 6.61 Å². The summed E-state index contributed by atoms with van der Waals surface area (Å²) in [6.45, 7) is 4.86. The second-order valence-corrected chi connectivity index (χ2v) is 5.60. The molecule has 1 fully saturated rings. The van der Waals surface area contributed by atoms with Gasteiger partial charge < -0.3 is 10.5 Å². The quantitative estimate of drug-likeness (QED) is 0.870. The number of halogens is 1. The van der Waals surface area contributed by atoms with Crippen LogP contribution in [-0.2, 0) is 0 Å². The largest absolute Gasteiger partial charge is 0.492 e. The molecule has 0 saturated heterocycles. The van der Waals surface area contributed by atoms with E-state index >= 15 is 0 Å². The summed E-state index contributed by atoms with van der Waals surface area (Å²) in [6, 6.07) is 4.17. The summed E-state index contributed by atoms with van der Waals surface area (Å²) in [5.41, 5.74) is 8.48. The van der Waals surface area contributed by atoms with Crippen LogP contribution < -0.4 is 10.5 Å². The summed E-state index contributed by atoms with van der Waals surface area (Å²) in [6.07, 6.45) is 2.19. The third-order valence-electron chi connectivity index (χ3n) is 2.83. The van der Waals surface area contributed by atoms with Gasteiger partial charge in [0, 0.05) is 3.57 Å². The van der Waals surface area contributed by atoms with Crippen LogP contribution in [0.4, 0.5) is 0 Å². The van der Waals surface area contributed by atoms with E-state index in [1.165, 1.54) is 14.7 Å². The molecule has 1 aromatic carbocycles. The number of rotatable bonds is 3. The minimum Gasteiger partial charge on any atom is -0.492 e. The van der Waals surface area contributed by atoms with Crippen molar-refractivity contribution in [1.82, 2.24) is 0 Å². The van der Waals surface area contributed by atoms with E-state index in [1.807, 2.05) is 0 Å². The molecule has 1 aliphatic carbocycles. The molecule has 0 atom stereocenters. The Bertz CT molecular complexity index is 362. The van der Waals surface area contributed by atoms with Gasteiger partial charge in [0.25, 0.3) is 0 Å². The summed E-state index contributed by atoms with van der Waals surface area (Å²) in [5.74, 6) is 0.946. The van der Waals surface area contributed by atoms with Gasteiger partial charge in [0.15, 0.2) is 0 Å². The maximum absolute atomic E-state index is 5.97. The Hall–Kier alpha value is -0.290. The van der Waals surface area contributed by atoms with Gasteiger partial charge in [0.05, 0.1) is 5.54 Å². The zero-order valence-electron chi connectivity index (χ0n) is 9.14. The van der Waals surface area contributed by atoms with Crippen LogP contribution in [0, 0.1) is 17.4 Å². The second-order valence-electron chi connectivity index (χ2n) is 4.52. The Morgan fingerprint density at radius 3 is 2.33 bits per heavy atom. The first-order valence-corrected chi connectivity index (χ1v) is 6.26. The average molecular weight is 317 g/mol. The molecule has 1 saturated carbocycles. The van der Waals surface area contributed by atoms with Crippen molar-refractivity contribution in [2.45, 2.75) is 32.2 Å². The van der Waals surface area contributed by atoms with Crippen LogP contribution in [0.1, 0.15) is 24.0 Å². The number of aryl methyl sites for hydroxylation is 2. The first-order chi connectivity index (χ1) is 7.00. The van der Waals surface area contributed by atoms with Crippen molar-refractivity contribution in [3.8, 4) is 5.75 Å². The normalized spacial score (nSPS) is 17.6. The first-order valence-electron chi connectivity index (χ1n) is 5.19. The third kappa shape index (κ3) is 2.64. The molecule has 2 rings (SSSR count). The van der Waals surface area contributed by atoms with E-state index < -0.39 is 0 Å². The highest BCUT2D eigenvalue weighted by atomic mass is 127. The van der Waals surface area contributed by atoms with Gasteiger partial charge in [-0.05, 0) is 72.5 Å². The van der Waals surface area contributed by atoms with Crippen molar-refractivity contribution in [2.24, 2.45) is 5.73 Å². The molecule has 0 aliphatic heterocycles. The van der Waals surface area contributed by atoms with Gasteiger partial charge in [-0.3, -0.25) is 0 Å². The molecule has 15 heavy (non-hydrogen) atoms. The predicted octanol–water partition coefficient (Wildman–Crippen LogP) is 2.78. The molecule has 0 heterocycles. The molecule has 0 unspecified atom stereocenters. The Balaban J connectivity index is 2.08. The highest BCUT2D eigenvalue weighted by Gasteiger charge is 2.39. The smallest absolute Gasteiger partial charge is 0.119 e. The summed E-state index contributed by atoms with van der Waals surface area (Å²) in [7, 11) is 0. The van der Waals surface area contributed by atoms with Gasteiger partial charge in [-0.15, -0.1) is 0 Å². The van der Waals surface area contributed by atoms with Crippen LogP contribution in [0.3, 0.4) is 0 Å². The lowest BCUT2D eigenvalue weighted by Gasteiger charge is -2.13. The van der Waals surface area contributed by atoms with Gasteiger partial charge in [-0.2, -0.15) is 0 Å². The monoisotopic (exact) mass is 317 g/mol. The molecule has 0 amide bonds. The van der Waals surface area contributed by atoms with Crippen LogP contribution in [0.5, 0.6) is 5.75 Å². The molecule has 0 bridgehead atoms. The molecule has 1 aliphatic rings. The molecule has 0 aromatic heterocycles. The van der Waals surface area contributed by atoms with Crippen molar-refractivity contribution in [2.75, 3.05) is 6.61 Å².